The minimum atomic E-state index is -0.883. The fraction of sp³-hybridized carbons (Fsp3) is 0.211. The highest BCUT2D eigenvalue weighted by molar-refractivity contribution is 6.36. The molecule has 0 aromatic heterocycles. The second kappa shape index (κ2) is 7.15. The summed E-state index contributed by atoms with van der Waals surface area (Å²) in [6.07, 6.45) is 0.570. The van der Waals surface area contributed by atoms with Crippen LogP contribution in [-0.4, -0.2) is 10.8 Å². The second-order valence-corrected chi connectivity index (χ2v) is 6.03. The first-order valence-corrected chi connectivity index (χ1v) is 7.56. The van der Waals surface area contributed by atoms with Gasteiger partial charge in [-0.1, -0.05) is 37.0 Å². The standard InChI is InChI=1S/C19H18ClNO/c1-3-19(2,20)18(22)21-17-13-11-16(12-14-17)10-9-15-7-5-4-6-8-15/h4-8,11-14H,3H2,1-2H3,(H,21,22). The van der Waals surface area contributed by atoms with Crippen LogP contribution in [0.3, 0.4) is 0 Å². The van der Waals surface area contributed by atoms with Crippen molar-refractivity contribution in [1.29, 1.82) is 0 Å². The van der Waals surface area contributed by atoms with Gasteiger partial charge in [-0.05, 0) is 49.7 Å². The highest BCUT2D eigenvalue weighted by atomic mass is 35.5. The average molecular weight is 312 g/mol. The molecule has 22 heavy (non-hydrogen) atoms. The SMILES string of the molecule is CCC(C)(Cl)C(=O)Nc1ccc(C#Cc2ccccc2)cc1. The van der Waals surface area contributed by atoms with Crippen LogP contribution < -0.4 is 5.32 Å². The first-order valence-electron chi connectivity index (χ1n) is 7.19. The first-order chi connectivity index (χ1) is 10.5. The number of anilines is 1. The van der Waals surface area contributed by atoms with E-state index in [2.05, 4.69) is 17.2 Å². The number of amides is 1. The smallest absolute Gasteiger partial charge is 0.245 e. The van der Waals surface area contributed by atoms with E-state index >= 15 is 0 Å². The Labute approximate surface area is 136 Å². The van der Waals surface area contributed by atoms with E-state index in [0.29, 0.717) is 6.42 Å². The molecule has 0 saturated carbocycles. The van der Waals surface area contributed by atoms with Crippen molar-refractivity contribution in [3.63, 3.8) is 0 Å². The largest absolute Gasteiger partial charge is 0.325 e. The number of halogens is 1. The molecule has 0 saturated heterocycles. The van der Waals surface area contributed by atoms with Crippen molar-refractivity contribution in [2.75, 3.05) is 5.32 Å². The fourth-order valence-corrected chi connectivity index (χ4v) is 1.77. The zero-order valence-corrected chi connectivity index (χ0v) is 13.4. The van der Waals surface area contributed by atoms with E-state index in [1.165, 1.54) is 0 Å². The number of carbonyl (C=O) groups is 1. The second-order valence-electron chi connectivity index (χ2n) is 5.20. The number of nitrogens with one attached hydrogen (secondary N) is 1. The molecule has 1 unspecified atom stereocenters. The fourth-order valence-electron chi connectivity index (χ4n) is 1.72. The van der Waals surface area contributed by atoms with E-state index < -0.39 is 4.87 Å². The first kappa shape index (κ1) is 16.1. The molecule has 1 atom stereocenters. The maximum absolute atomic E-state index is 12.0. The molecule has 0 radical (unpaired) electrons. The van der Waals surface area contributed by atoms with E-state index in [0.717, 1.165) is 16.8 Å². The van der Waals surface area contributed by atoms with Crippen LogP contribution in [0.5, 0.6) is 0 Å². The van der Waals surface area contributed by atoms with Gasteiger partial charge in [0.05, 0.1) is 0 Å². The van der Waals surface area contributed by atoms with Crippen molar-refractivity contribution in [2.24, 2.45) is 0 Å². The van der Waals surface area contributed by atoms with Crippen LogP contribution in [0, 0.1) is 11.8 Å². The molecular weight excluding hydrogens is 294 g/mol. The predicted octanol–water partition coefficient (Wildman–Crippen LogP) is 4.43. The number of hydrogen-bond donors (Lipinski definition) is 1. The Morgan fingerprint density at radius 3 is 2.14 bits per heavy atom. The van der Waals surface area contributed by atoms with Gasteiger partial charge in [-0.3, -0.25) is 4.79 Å². The van der Waals surface area contributed by atoms with Gasteiger partial charge in [0.15, 0.2) is 0 Å². The lowest BCUT2D eigenvalue weighted by molar-refractivity contribution is -0.118. The molecule has 2 rings (SSSR count). The minimum Gasteiger partial charge on any atom is -0.325 e. The van der Waals surface area contributed by atoms with Gasteiger partial charge in [0, 0.05) is 16.8 Å². The van der Waals surface area contributed by atoms with Gasteiger partial charge in [-0.25, -0.2) is 0 Å². The van der Waals surface area contributed by atoms with Crippen LogP contribution in [0.25, 0.3) is 0 Å². The van der Waals surface area contributed by atoms with E-state index in [4.69, 9.17) is 11.6 Å². The van der Waals surface area contributed by atoms with Crippen molar-refractivity contribution < 1.29 is 4.79 Å². The van der Waals surface area contributed by atoms with E-state index in [9.17, 15) is 4.79 Å². The van der Waals surface area contributed by atoms with Crippen molar-refractivity contribution in [1.82, 2.24) is 0 Å². The molecule has 2 aromatic rings. The van der Waals surface area contributed by atoms with E-state index in [1.807, 2.05) is 61.5 Å². The van der Waals surface area contributed by atoms with E-state index in [-0.39, 0.29) is 5.91 Å². The van der Waals surface area contributed by atoms with Gasteiger partial charge in [0.25, 0.3) is 0 Å². The quantitative estimate of drug-likeness (QED) is 0.659. The Morgan fingerprint density at radius 1 is 1.05 bits per heavy atom. The highest BCUT2D eigenvalue weighted by Crippen LogP contribution is 2.21. The molecule has 0 aliphatic carbocycles. The summed E-state index contributed by atoms with van der Waals surface area (Å²) in [6, 6.07) is 17.2. The topological polar surface area (TPSA) is 29.1 Å². The van der Waals surface area contributed by atoms with Crippen LogP contribution >= 0.6 is 11.6 Å². The molecule has 0 heterocycles. The molecule has 2 aromatic carbocycles. The molecule has 0 spiro atoms. The van der Waals surface area contributed by atoms with Crippen LogP contribution in [0.15, 0.2) is 54.6 Å². The van der Waals surface area contributed by atoms with E-state index in [1.54, 1.807) is 6.92 Å². The summed E-state index contributed by atoms with van der Waals surface area (Å²) in [5.41, 5.74) is 2.59. The number of carbonyl (C=O) groups excluding carboxylic acids is 1. The van der Waals surface area contributed by atoms with Crippen LogP contribution in [0.2, 0.25) is 0 Å². The lowest BCUT2D eigenvalue weighted by Gasteiger charge is -2.18. The molecule has 2 nitrogen and oxygen atoms in total. The number of benzene rings is 2. The van der Waals surface area contributed by atoms with Crippen molar-refractivity contribution in [2.45, 2.75) is 25.1 Å². The summed E-state index contributed by atoms with van der Waals surface area (Å²) in [5, 5.41) is 2.82. The van der Waals surface area contributed by atoms with Crippen LogP contribution in [0.1, 0.15) is 31.4 Å². The Bertz CT molecular complexity index is 694. The summed E-state index contributed by atoms with van der Waals surface area (Å²) < 4.78 is 0. The van der Waals surface area contributed by atoms with Gasteiger partial charge >= 0.3 is 0 Å². The van der Waals surface area contributed by atoms with Crippen LogP contribution in [0.4, 0.5) is 5.69 Å². The molecule has 0 fully saturated rings. The molecule has 0 bridgehead atoms. The van der Waals surface area contributed by atoms with Crippen LogP contribution in [-0.2, 0) is 4.79 Å². The lowest BCUT2D eigenvalue weighted by Crippen LogP contribution is -2.33. The average Bonchev–Trinajstić information content (AvgIpc) is 2.55. The number of alkyl halides is 1. The summed E-state index contributed by atoms with van der Waals surface area (Å²) in [7, 11) is 0. The van der Waals surface area contributed by atoms with Gasteiger partial charge in [0.1, 0.15) is 4.87 Å². The lowest BCUT2D eigenvalue weighted by atomic mass is 10.1. The Balaban J connectivity index is 2.05. The van der Waals surface area contributed by atoms with Gasteiger partial charge in [0.2, 0.25) is 5.91 Å². The molecule has 3 heteroatoms. The molecule has 1 amide bonds. The third-order valence-electron chi connectivity index (χ3n) is 3.41. The zero-order valence-electron chi connectivity index (χ0n) is 12.7. The van der Waals surface area contributed by atoms with Crippen molar-refractivity contribution in [3.05, 3.63) is 65.7 Å². The minimum absolute atomic E-state index is 0.195. The Kier molecular flexibility index (Phi) is 5.25. The molecule has 0 aliphatic heterocycles. The van der Waals surface area contributed by atoms with Gasteiger partial charge in [-0.2, -0.15) is 0 Å². The molecular formula is C19H18ClNO. The number of hydrogen-bond acceptors (Lipinski definition) is 1. The maximum atomic E-state index is 12.0. The zero-order chi connectivity index (χ0) is 16.0. The summed E-state index contributed by atoms with van der Waals surface area (Å²) >= 11 is 6.14. The Hall–Kier alpha value is -2.24. The third-order valence-corrected chi connectivity index (χ3v) is 3.84. The predicted molar refractivity (Wildman–Crippen MR) is 92.0 cm³/mol. The Morgan fingerprint density at radius 2 is 1.59 bits per heavy atom. The normalized spacial score (nSPS) is 12.7. The van der Waals surface area contributed by atoms with Gasteiger partial charge < -0.3 is 5.32 Å². The van der Waals surface area contributed by atoms with Gasteiger partial charge in [-0.15, -0.1) is 11.6 Å². The summed E-state index contributed by atoms with van der Waals surface area (Å²) in [6.45, 7) is 3.60. The number of rotatable bonds is 3. The monoisotopic (exact) mass is 311 g/mol. The van der Waals surface area contributed by atoms with Crippen molar-refractivity contribution >= 4 is 23.2 Å². The third kappa shape index (κ3) is 4.38. The van der Waals surface area contributed by atoms with Crippen molar-refractivity contribution in [3.8, 4) is 11.8 Å². The summed E-state index contributed by atoms with van der Waals surface area (Å²) in [4.78, 5) is 11.1. The molecule has 0 aliphatic rings. The molecule has 1 N–H and O–H groups in total. The maximum Gasteiger partial charge on any atom is 0.245 e. The molecule has 112 valence electrons. The summed E-state index contributed by atoms with van der Waals surface area (Å²) in [5.74, 6) is 6.00. The highest BCUT2D eigenvalue weighted by Gasteiger charge is 2.28.